The van der Waals surface area contributed by atoms with Crippen molar-refractivity contribution < 1.29 is 8.42 Å². The van der Waals surface area contributed by atoms with Gasteiger partial charge in [0, 0.05) is 58.5 Å². The molecule has 148 valence electrons. The van der Waals surface area contributed by atoms with E-state index in [2.05, 4.69) is 50.7 Å². The van der Waals surface area contributed by atoms with E-state index in [9.17, 15) is 8.42 Å². The first-order valence-corrected chi connectivity index (χ1v) is 11.5. The average molecular weight is 409 g/mol. The molecular weight excluding hydrogens is 380 g/mol. The molecule has 0 radical (unpaired) electrons. The van der Waals surface area contributed by atoms with E-state index in [0.717, 1.165) is 37.4 Å². The van der Waals surface area contributed by atoms with Crippen molar-refractivity contribution in [1.29, 1.82) is 0 Å². The maximum atomic E-state index is 12.6. The van der Waals surface area contributed by atoms with Gasteiger partial charge in [0.25, 0.3) is 0 Å². The quantitative estimate of drug-likeness (QED) is 0.760. The maximum absolute atomic E-state index is 12.6. The fraction of sp³-hybridized carbons (Fsp3) is 0.474. The maximum Gasteiger partial charge on any atom is 0.250 e. The van der Waals surface area contributed by atoms with Crippen LogP contribution in [-0.4, -0.2) is 72.1 Å². The van der Waals surface area contributed by atoms with Crippen molar-refractivity contribution in [3.8, 4) is 0 Å². The number of piperazine rings is 1. The van der Waals surface area contributed by atoms with Crippen molar-refractivity contribution >= 4 is 27.0 Å². The molecule has 0 unspecified atom stereocenters. The first-order chi connectivity index (χ1) is 12.9. The molecule has 27 heavy (non-hydrogen) atoms. The normalized spacial score (nSPS) is 17.7. The molecule has 0 amide bonds. The molecule has 1 saturated heterocycles. The van der Waals surface area contributed by atoms with Crippen LogP contribution in [0.1, 0.15) is 11.6 Å². The number of thiophene rings is 1. The Morgan fingerprint density at radius 1 is 1.11 bits per heavy atom. The topological polar surface area (TPSA) is 55.9 Å². The predicted octanol–water partition coefficient (Wildman–Crippen LogP) is 2.08. The van der Waals surface area contributed by atoms with Gasteiger partial charge in [0.05, 0.1) is 0 Å². The first-order valence-electron chi connectivity index (χ1n) is 9.10. The van der Waals surface area contributed by atoms with Gasteiger partial charge in [-0.15, -0.1) is 11.3 Å². The zero-order chi connectivity index (χ0) is 19.4. The minimum absolute atomic E-state index is 0.0182. The highest BCUT2D eigenvalue weighted by Crippen LogP contribution is 2.25. The molecule has 0 saturated carbocycles. The smallest absolute Gasteiger partial charge is 0.250 e. The number of nitrogens with zero attached hydrogens (tertiary/aromatic N) is 3. The van der Waals surface area contributed by atoms with E-state index in [1.54, 1.807) is 17.5 Å². The lowest BCUT2D eigenvalue weighted by molar-refractivity contribution is 0.113. The van der Waals surface area contributed by atoms with Crippen molar-refractivity contribution in [3.05, 3.63) is 47.3 Å². The van der Waals surface area contributed by atoms with E-state index in [1.807, 2.05) is 14.1 Å². The summed E-state index contributed by atoms with van der Waals surface area (Å²) >= 11 is 1.24. The Kier molecular flexibility index (Phi) is 6.54. The summed E-state index contributed by atoms with van der Waals surface area (Å²) in [6, 6.07) is 11.8. The lowest BCUT2D eigenvalue weighted by atomic mass is 10.0. The van der Waals surface area contributed by atoms with Crippen LogP contribution in [0.2, 0.25) is 0 Å². The van der Waals surface area contributed by atoms with Crippen LogP contribution in [0, 0.1) is 0 Å². The SMILES string of the molecule is CN1CCN([C@@H](CNS(=O)(=O)c2cccs2)c2ccc(N(C)C)cc2)CC1. The molecule has 1 aromatic carbocycles. The third-order valence-corrected chi connectivity index (χ3v) is 7.82. The van der Waals surface area contributed by atoms with E-state index in [0.29, 0.717) is 10.8 Å². The van der Waals surface area contributed by atoms with Crippen molar-refractivity contribution in [2.45, 2.75) is 10.3 Å². The van der Waals surface area contributed by atoms with Crippen molar-refractivity contribution in [2.75, 3.05) is 58.8 Å². The second-order valence-corrected chi connectivity index (χ2v) is 10.1. The Bertz CT molecular complexity index is 812. The van der Waals surface area contributed by atoms with E-state index >= 15 is 0 Å². The number of sulfonamides is 1. The molecule has 1 atom stereocenters. The predicted molar refractivity (Wildman–Crippen MR) is 112 cm³/mol. The third kappa shape index (κ3) is 5.08. The van der Waals surface area contributed by atoms with E-state index in [4.69, 9.17) is 0 Å². The lowest BCUT2D eigenvalue weighted by Crippen LogP contribution is -2.48. The van der Waals surface area contributed by atoms with E-state index in [-0.39, 0.29) is 6.04 Å². The van der Waals surface area contributed by atoms with Crippen LogP contribution in [0.15, 0.2) is 46.0 Å². The number of nitrogens with one attached hydrogen (secondary N) is 1. The zero-order valence-corrected chi connectivity index (χ0v) is 17.8. The Balaban J connectivity index is 1.79. The summed E-state index contributed by atoms with van der Waals surface area (Å²) < 4.78 is 28.3. The van der Waals surface area contributed by atoms with Crippen LogP contribution >= 0.6 is 11.3 Å². The van der Waals surface area contributed by atoms with Gasteiger partial charge in [0.1, 0.15) is 4.21 Å². The van der Waals surface area contributed by atoms with Gasteiger partial charge in [0.15, 0.2) is 0 Å². The molecule has 3 rings (SSSR count). The number of hydrogen-bond donors (Lipinski definition) is 1. The highest BCUT2D eigenvalue weighted by molar-refractivity contribution is 7.91. The molecular formula is C19H28N4O2S2. The fourth-order valence-corrected chi connectivity index (χ4v) is 5.34. The van der Waals surface area contributed by atoms with Gasteiger partial charge in [-0.2, -0.15) is 0 Å². The van der Waals surface area contributed by atoms with E-state index in [1.165, 1.54) is 11.3 Å². The summed E-state index contributed by atoms with van der Waals surface area (Å²) in [5.41, 5.74) is 2.27. The molecule has 1 aromatic heterocycles. The highest BCUT2D eigenvalue weighted by Gasteiger charge is 2.26. The Morgan fingerprint density at radius 2 is 1.78 bits per heavy atom. The third-order valence-electron chi connectivity index (χ3n) is 5.00. The summed E-state index contributed by atoms with van der Waals surface area (Å²) in [6.07, 6.45) is 0. The average Bonchev–Trinajstić information content (AvgIpc) is 3.19. The standard InChI is InChI=1S/C19H28N4O2S2/c1-21(2)17-8-6-16(7-9-17)18(23-12-10-22(3)11-13-23)15-20-27(24,25)19-5-4-14-26-19/h4-9,14,18,20H,10-13,15H2,1-3H3/t18-/m0/s1. The van der Waals surface area contributed by atoms with Gasteiger partial charge in [-0.1, -0.05) is 18.2 Å². The zero-order valence-electron chi connectivity index (χ0n) is 16.1. The molecule has 8 heteroatoms. The number of rotatable bonds is 7. The molecule has 1 aliphatic heterocycles. The van der Waals surface area contributed by atoms with Gasteiger partial charge in [0.2, 0.25) is 10.0 Å². The molecule has 1 fully saturated rings. The molecule has 0 aliphatic carbocycles. The first kappa shape index (κ1) is 20.3. The van der Waals surface area contributed by atoms with Gasteiger partial charge in [-0.05, 0) is 36.2 Å². The Hall–Kier alpha value is -1.45. The second-order valence-electron chi connectivity index (χ2n) is 7.12. The lowest BCUT2D eigenvalue weighted by Gasteiger charge is -2.38. The Morgan fingerprint density at radius 3 is 2.33 bits per heavy atom. The second kappa shape index (κ2) is 8.70. The van der Waals surface area contributed by atoms with Crippen LogP contribution in [0.25, 0.3) is 0 Å². The van der Waals surface area contributed by atoms with Gasteiger partial charge in [-0.25, -0.2) is 13.1 Å². The van der Waals surface area contributed by atoms with E-state index < -0.39 is 10.0 Å². The van der Waals surface area contributed by atoms with Gasteiger partial charge < -0.3 is 9.80 Å². The van der Waals surface area contributed by atoms with Gasteiger partial charge in [-0.3, -0.25) is 4.90 Å². The van der Waals surface area contributed by atoms with Crippen LogP contribution in [0.3, 0.4) is 0 Å². The molecule has 0 spiro atoms. The number of anilines is 1. The van der Waals surface area contributed by atoms with Crippen molar-refractivity contribution in [2.24, 2.45) is 0 Å². The minimum atomic E-state index is -3.47. The van der Waals surface area contributed by atoms with Gasteiger partial charge >= 0.3 is 0 Å². The highest BCUT2D eigenvalue weighted by atomic mass is 32.2. The molecule has 2 heterocycles. The number of hydrogen-bond acceptors (Lipinski definition) is 6. The van der Waals surface area contributed by atoms with Crippen molar-refractivity contribution in [1.82, 2.24) is 14.5 Å². The molecule has 6 nitrogen and oxygen atoms in total. The summed E-state index contributed by atoms with van der Waals surface area (Å²) in [7, 11) is 2.69. The number of likely N-dealkylation sites (N-methyl/N-ethyl adjacent to an activating group) is 1. The summed E-state index contributed by atoms with van der Waals surface area (Å²) in [6.45, 7) is 4.20. The van der Waals surface area contributed by atoms with Crippen LogP contribution in [-0.2, 0) is 10.0 Å². The Labute approximate surface area is 166 Å². The molecule has 0 bridgehead atoms. The minimum Gasteiger partial charge on any atom is -0.378 e. The van der Waals surface area contributed by atoms with Crippen LogP contribution < -0.4 is 9.62 Å². The summed E-state index contributed by atoms with van der Waals surface area (Å²) in [4.78, 5) is 6.74. The molecule has 1 aliphatic rings. The molecule has 2 aromatic rings. The fourth-order valence-electron chi connectivity index (χ4n) is 3.26. The van der Waals surface area contributed by atoms with Crippen LogP contribution in [0.4, 0.5) is 5.69 Å². The largest absolute Gasteiger partial charge is 0.378 e. The molecule has 1 N–H and O–H groups in total. The van der Waals surface area contributed by atoms with Crippen molar-refractivity contribution in [3.63, 3.8) is 0 Å². The monoisotopic (exact) mass is 408 g/mol. The number of benzene rings is 1. The summed E-state index contributed by atoms with van der Waals surface area (Å²) in [5, 5.41) is 1.78. The summed E-state index contributed by atoms with van der Waals surface area (Å²) in [5.74, 6) is 0. The van der Waals surface area contributed by atoms with Crippen LogP contribution in [0.5, 0.6) is 0 Å².